The van der Waals surface area contributed by atoms with Gasteiger partial charge < -0.3 is 10.1 Å². The molecule has 0 saturated carbocycles. The van der Waals surface area contributed by atoms with E-state index < -0.39 is 0 Å². The van der Waals surface area contributed by atoms with E-state index >= 15 is 0 Å². The molecule has 0 bridgehead atoms. The van der Waals surface area contributed by atoms with Crippen molar-refractivity contribution in [1.82, 2.24) is 15.0 Å². The number of anilines is 1. The molecule has 0 unspecified atom stereocenters. The summed E-state index contributed by atoms with van der Waals surface area (Å²) in [6.45, 7) is 7.74. The van der Waals surface area contributed by atoms with E-state index in [0.29, 0.717) is 19.0 Å². The van der Waals surface area contributed by atoms with Crippen molar-refractivity contribution in [3.8, 4) is 11.5 Å². The van der Waals surface area contributed by atoms with Crippen molar-refractivity contribution < 1.29 is 4.74 Å². The average Bonchev–Trinajstić information content (AvgIpc) is 3.03. The summed E-state index contributed by atoms with van der Waals surface area (Å²) in [5.41, 5.74) is 4.23. The van der Waals surface area contributed by atoms with Gasteiger partial charge in [-0.25, -0.2) is 9.97 Å². The van der Waals surface area contributed by atoms with E-state index in [1.165, 1.54) is 5.56 Å². The maximum Gasteiger partial charge on any atom is 0.180 e. The maximum absolute atomic E-state index is 5.53. The Morgan fingerprint density at radius 1 is 1.30 bits per heavy atom. The van der Waals surface area contributed by atoms with Gasteiger partial charge in [-0.3, -0.25) is 4.98 Å². The fourth-order valence-electron chi connectivity index (χ4n) is 2.68. The van der Waals surface area contributed by atoms with E-state index in [1.807, 2.05) is 25.1 Å². The van der Waals surface area contributed by atoms with E-state index in [4.69, 9.17) is 9.72 Å². The number of nitrogens with one attached hydrogen (secondary N) is 1. The van der Waals surface area contributed by atoms with E-state index in [0.717, 1.165) is 48.6 Å². The Balaban J connectivity index is 1.74. The second-order valence-electron chi connectivity index (χ2n) is 5.83. The highest BCUT2D eigenvalue weighted by molar-refractivity contribution is 5.57. The number of aryl methyl sites for hydroxylation is 1. The average molecular weight is 310 g/mol. The van der Waals surface area contributed by atoms with Crippen LogP contribution >= 0.6 is 0 Å². The number of rotatable bonds is 7. The van der Waals surface area contributed by atoms with Gasteiger partial charge in [0, 0.05) is 24.0 Å². The van der Waals surface area contributed by atoms with Gasteiger partial charge in [-0.15, -0.1) is 0 Å². The zero-order valence-electron chi connectivity index (χ0n) is 13.5. The maximum atomic E-state index is 5.53. The van der Waals surface area contributed by atoms with Gasteiger partial charge in [-0.2, -0.15) is 0 Å². The first-order valence-corrected chi connectivity index (χ1v) is 8.01. The van der Waals surface area contributed by atoms with Crippen LogP contribution in [0.5, 0.6) is 0 Å². The molecule has 2 heterocycles. The minimum Gasteiger partial charge on any atom is -0.375 e. The van der Waals surface area contributed by atoms with E-state index in [-0.39, 0.29) is 0 Å². The third kappa shape index (κ3) is 3.93. The Hall–Kier alpha value is -2.27. The lowest BCUT2D eigenvalue weighted by Crippen LogP contribution is -2.13. The molecule has 120 valence electrons. The molecule has 1 aliphatic rings. The van der Waals surface area contributed by atoms with Gasteiger partial charge in [0.05, 0.1) is 13.2 Å². The van der Waals surface area contributed by atoms with Gasteiger partial charge in [0.2, 0.25) is 0 Å². The van der Waals surface area contributed by atoms with Crippen molar-refractivity contribution in [3.63, 3.8) is 0 Å². The highest BCUT2D eigenvalue weighted by Crippen LogP contribution is 2.28. The SMILES string of the molecule is C=C(C)COCCNc1nc(-c2ccccn2)nc2c1CCC2. The first-order valence-electron chi connectivity index (χ1n) is 8.01. The van der Waals surface area contributed by atoms with Crippen LogP contribution in [0.2, 0.25) is 0 Å². The Kier molecular flexibility index (Phi) is 4.98. The molecule has 3 rings (SSSR count). The number of fused-ring (bicyclic) bond motifs is 1. The van der Waals surface area contributed by atoms with Crippen molar-refractivity contribution in [2.24, 2.45) is 0 Å². The quantitative estimate of drug-likeness (QED) is 0.629. The topological polar surface area (TPSA) is 59.9 Å². The van der Waals surface area contributed by atoms with Gasteiger partial charge in [0.15, 0.2) is 5.82 Å². The molecule has 0 saturated heterocycles. The molecule has 0 spiro atoms. The van der Waals surface area contributed by atoms with Crippen LogP contribution in [0, 0.1) is 0 Å². The lowest BCUT2D eigenvalue weighted by molar-refractivity contribution is 0.167. The molecule has 0 fully saturated rings. The molecule has 0 radical (unpaired) electrons. The second kappa shape index (κ2) is 7.33. The van der Waals surface area contributed by atoms with E-state index in [9.17, 15) is 0 Å². The zero-order valence-corrected chi connectivity index (χ0v) is 13.5. The lowest BCUT2D eigenvalue weighted by atomic mass is 10.2. The highest BCUT2D eigenvalue weighted by Gasteiger charge is 2.20. The van der Waals surface area contributed by atoms with Gasteiger partial charge in [-0.05, 0) is 38.3 Å². The minimum atomic E-state index is 0.600. The zero-order chi connectivity index (χ0) is 16.1. The van der Waals surface area contributed by atoms with Crippen molar-refractivity contribution in [2.45, 2.75) is 26.2 Å². The lowest BCUT2D eigenvalue weighted by Gasteiger charge is -2.12. The van der Waals surface area contributed by atoms with E-state index in [1.54, 1.807) is 6.20 Å². The second-order valence-corrected chi connectivity index (χ2v) is 5.83. The van der Waals surface area contributed by atoms with Crippen LogP contribution in [0.1, 0.15) is 24.6 Å². The molecule has 23 heavy (non-hydrogen) atoms. The number of hydrogen-bond donors (Lipinski definition) is 1. The largest absolute Gasteiger partial charge is 0.375 e. The van der Waals surface area contributed by atoms with Gasteiger partial charge in [0.25, 0.3) is 0 Å². The summed E-state index contributed by atoms with van der Waals surface area (Å²) in [6, 6.07) is 5.79. The van der Waals surface area contributed by atoms with Crippen LogP contribution in [0.25, 0.3) is 11.5 Å². The first kappa shape index (κ1) is 15.6. The number of aromatic nitrogens is 3. The Morgan fingerprint density at radius 2 is 2.22 bits per heavy atom. The van der Waals surface area contributed by atoms with Crippen LogP contribution in [0.15, 0.2) is 36.5 Å². The molecule has 0 aliphatic heterocycles. The van der Waals surface area contributed by atoms with Crippen molar-refractivity contribution >= 4 is 5.82 Å². The summed E-state index contributed by atoms with van der Waals surface area (Å²) in [4.78, 5) is 13.7. The van der Waals surface area contributed by atoms with Crippen LogP contribution < -0.4 is 5.32 Å². The van der Waals surface area contributed by atoms with Gasteiger partial charge in [-0.1, -0.05) is 18.2 Å². The van der Waals surface area contributed by atoms with E-state index in [2.05, 4.69) is 21.9 Å². The van der Waals surface area contributed by atoms with Crippen molar-refractivity contribution in [3.05, 3.63) is 47.8 Å². The third-order valence-corrected chi connectivity index (χ3v) is 3.71. The molecular weight excluding hydrogens is 288 g/mol. The number of hydrogen-bond acceptors (Lipinski definition) is 5. The van der Waals surface area contributed by atoms with Crippen molar-refractivity contribution in [2.75, 3.05) is 25.1 Å². The Bertz CT molecular complexity index is 685. The molecule has 0 aromatic carbocycles. The van der Waals surface area contributed by atoms with Crippen LogP contribution in [0.4, 0.5) is 5.82 Å². The predicted octanol–water partition coefficient (Wildman–Crippen LogP) is 3.03. The van der Waals surface area contributed by atoms with Crippen LogP contribution in [0.3, 0.4) is 0 Å². The summed E-state index contributed by atoms with van der Waals surface area (Å²) in [7, 11) is 0. The Labute approximate surface area is 136 Å². The summed E-state index contributed by atoms with van der Waals surface area (Å²) >= 11 is 0. The molecular formula is C18H22N4O. The number of pyridine rings is 1. The van der Waals surface area contributed by atoms with Crippen molar-refractivity contribution in [1.29, 1.82) is 0 Å². The number of nitrogens with zero attached hydrogens (tertiary/aromatic N) is 3. The Morgan fingerprint density at radius 3 is 3.00 bits per heavy atom. The molecule has 5 nitrogen and oxygen atoms in total. The number of ether oxygens (including phenoxy) is 1. The molecule has 0 atom stereocenters. The molecule has 2 aromatic heterocycles. The monoisotopic (exact) mass is 310 g/mol. The fourth-order valence-corrected chi connectivity index (χ4v) is 2.68. The van der Waals surface area contributed by atoms with Crippen LogP contribution in [-0.4, -0.2) is 34.7 Å². The summed E-state index contributed by atoms with van der Waals surface area (Å²) < 4.78 is 5.53. The molecule has 5 heteroatoms. The third-order valence-electron chi connectivity index (χ3n) is 3.71. The summed E-state index contributed by atoms with van der Waals surface area (Å²) in [5.74, 6) is 1.61. The standard InChI is InChI=1S/C18H22N4O/c1-13(2)12-23-11-10-20-17-14-6-5-8-15(14)21-18(22-17)16-7-3-4-9-19-16/h3-4,7,9H,1,5-6,8,10-12H2,2H3,(H,20,21,22). The summed E-state index contributed by atoms with van der Waals surface area (Å²) in [5, 5.41) is 3.40. The van der Waals surface area contributed by atoms with Gasteiger partial charge >= 0.3 is 0 Å². The van der Waals surface area contributed by atoms with Crippen LogP contribution in [-0.2, 0) is 17.6 Å². The fraction of sp³-hybridized carbons (Fsp3) is 0.389. The normalized spacial score (nSPS) is 12.9. The smallest absolute Gasteiger partial charge is 0.180 e. The molecule has 2 aromatic rings. The molecule has 0 amide bonds. The molecule has 1 aliphatic carbocycles. The highest BCUT2D eigenvalue weighted by atomic mass is 16.5. The summed E-state index contributed by atoms with van der Waals surface area (Å²) in [6.07, 6.45) is 4.95. The minimum absolute atomic E-state index is 0.600. The first-order chi connectivity index (χ1) is 11.2. The predicted molar refractivity (Wildman–Crippen MR) is 91.4 cm³/mol. The molecule has 1 N–H and O–H groups in total. The van der Waals surface area contributed by atoms with Gasteiger partial charge in [0.1, 0.15) is 11.5 Å².